The van der Waals surface area contributed by atoms with Crippen LogP contribution in [-0.2, 0) is 28.9 Å². The van der Waals surface area contributed by atoms with Crippen molar-refractivity contribution in [2.75, 3.05) is 32.1 Å². The summed E-state index contributed by atoms with van der Waals surface area (Å²) in [5, 5.41) is 1.47. The largest absolute Gasteiger partial charge is 0.378 e. The summed E-state index contributed by atoms with van der Waals surface area (Å²) in [6.07, 6.45) is 3.15. The summed E-state index contributed by atoms with van der Waals surface area (Å²) in [5.74, 6) is 1.05. The molecule has 4 rings (SSSR count). The first-order valence-electron chi connectivity index (χ1n) is 9.61. The summed E-state index contributed by atoms with van der Waals surface area (Å²) in [7, 11) is 0. The van der Waals surface area contributed by atoms with Gasteiger partial charge in [0.2, 0.25) is 5.91 Å². The molecule has 146 valence electrons. The van der Waals surface area contributed by atoms with Crippen LogP contribution >= 0.6 is 23.1 Å². The van der Waals surface area contributed by atoms with Crippen molar-refractivity contribution >= 4 is 39.2 Å². The van der Waals surface area contributed by atoms with Gasteiger partial charge in [-0.1, -0.05) is 18.7 Å². The molecule has 1 atom stereocenters. The molecule has 6 nitrogen and oxygen atoms in total. The molecule has 0 spiro atoms. The zero-order chi connectivity index (χ0) is 19.0. The van der Waals surface area contributed by atoms with E-state index in [1.54, 1.807) is 15.9 Å². The summed E-state index contributed by atoms with van der Waals surface area (Å²) in [5.41, 5.74) is 1.27. The predicted molar refractivity (Wildman–Crippen MR) is 109 cm³/mol. The number of carbonyl (C=O) groups excluding carboxylic acids is 1. The molecule has 0 N–H and O–H groups in total. The highest BCUT2D eigenvalue weighted by Crippen LogP contribution is 2.36. The number of aromatic nitrogens is 2. The van der Waals surface area contributed by atoms with Crippen LogP contribution < -0.4 is 5.56 Å². The molecule has 0 radical (unpaired) electrons. The lowest BCUT2D eigenvalue weighted by molar-refractivity contribution is -0.132. The Morgan fingerprint density at radius 3 is 2.89 bits per heavy atom. The molecule has 2 aromatic rings. The van der Waals surface area contributed by atoms with E-state index in [0.29, 0.717) is 49.7 Å². The molecule has 0 unspecified atom stereocenters. The van der Waals surface area contributed by atoms with Crippen molar-refractivity contribution in [1.82, 2.24) is 14.5 Å². The molecule has 0 saturated carbocycles. The number of thioether (sulfide) groups is 1. The number of thiophene rings is 1. The SMILES string of the molecule is CCn1c(SCC(=O)N2CCOCC2)nc2sc3c(c2c1=O)CC[C@H](C)C3. The van der Waals surface area contributed by atoms with E-state index in [0.717, 1.165) is 29.5 Å². The van der Waals surface area contributed by atoms with E-state index in [1.807, 2.05) is 11.8 Å². The molecule has 2 aliphatic rings. The molecule has 1 aliphatic carbocycles. The highest BCUT2D eigenvalue weighted by molar-refractivity contribution is 7.99. The molecular formula is C19H25N3O3S2. The molecule has 1 saturated heterocycles. The van der Waals surface area contributed by atoms with Crippen LogP contribution in [0.15, 0.2) is 9.95 Å². The van der Waals surface area contributed by atoms with Gasteiger partial charge in [0.05, 0.1) is 24.4 Å². The fourth-order valence-corrected chi connectivity index (χ4v) is 6.21. The minimum atomic E-state index is 0.0517. The summed E-state index contributed by atoms with van der Waals surface area (Å²) in [4.78, 5) is 34.4. The Hall–Kier alpha value is -1.38. The first-order chi connectivity index (χ1) is 13.1. The number of ether oxygens (including phenoxy) is 1. The van der Waals surface area contributed by atoms with Crippen LogP contribution in [0.5, 0.6) is 0 Å². The second-order valence-electron chi connectivity index (χ2n) is 7.26. The van der Waals surface area contributed by atoms with Crippen molar-refractivity contribution in [3.8, 4) is 0 Å². The lowest BCUT2D eigenvalue weighted by atomic mass is 9.89. The highest BCUT2D eigenvalue weighted by atomic mass is 32.2. The number of carbonyl (C=O) groups is 1. The van der Waals surface area contributed by atoms with Gasteiger partial charge in [0.25, 0.3) is 5.56 Å². The van der Waals surface area contributed by atoms with Crippen LogP contribution in [0.4, 0.5) is 0 Å². The van der Waals surface area contributed by atoms with E-state index in [9.17, 15) is 9.59 Å². The average molecular weight is 408 g/mol. The fraction of sp³-hybridized carbons (Fsp3) is 0.632. The Kier molecular flexibility index (Phi) is 5.57. The van der Waals surface area contributed by atoms with Gasteiger partial charge in [-0.15, -0.1) is 11.3 Å². The van der Waals surface area contributed by atoms with Crippen LogP contribution in [0.1, 0.15) is 30.7 Å². The van der Waals surface area contributed by atoms with Gasteiger partial charge in [0.1, 0.15) is 4.83 Å². The van der Waals surface area contributed by atoms with Crippen LogP contribution in [0.3, 0.4) is 0 Å². The maximum absolute atomic E-state index is 13.1. The zero-order valence-corrected chi connectivity index (χ0v) is 17.5. The van der Waals surface area contributed by atoms with E-state index in [1.165, 1.54) is 22.2 Å². The molecule has 0 aromatic carbocycles. The number of aryl methyl sites for hydroxylation is 1. The highest BCUT2D eigenvalue weighted by Gasteiger charge is 2.25. The van der Waals surface area contributed by atoms with Gasteiger partial charge in [-0.25, -0.2) is 4.98 Å². The van der Waals surface area contributed by atoms with Gasteiger partial charge in [0.15, 0.2) is 5.16 Å². The summed E-state index contributed by atoms with van der Waals surface area (Å²) < 4.78 is 7.03. The van der Waals surface area contributed by atoms with Gasteiger partial charge < -0.3 is 9.64 Å². The summed E-state index contributed by atoms with van der Waals surface area (Å²) in [6, 6.07) is 0. The second kappa shape index (κ2) is 7.93. The van der Waals surface area contributed by atoms with Crippen molar-refractivity contribution in [2.24, 2.45) is 5.92 Å². The third-order valence-corrected chi connectivity index (χ3v) is 7.49. The number of hydrogen-bond donors (Lipinski definition) is 0. The van der Waals surface area contributed by atoms with Crippen LogP contribution in [0, 0.1) is 5.92 Å². The standard InChI is InChI=1S/C19H25N3O3S2/c1-3-22-18(24)16-13-5-4-12(2)10-14(13)27-17(16)20-19(22)26-11-15(23)21-6-8-25-9-7-21/h12H,3-11H2,1-2H3/t12-/m0/s1. The van der Waals surface area contributed by atoms with E-state index >= 15 is 0 Å². The Labute approximate surface area is 166 Å². The number of amides is 1. The van der Waals surface area contributed by atoms with Crippen molar-refractivity contribution in [1.29, 1.82) is 0 Å². The third kappa shape index (κ3) is 3.67. The van der Waals surface area contributed by atoms with Crippen molar-refractivity contribution < 1.29 is 9.53 Å². The van der Waals surface area contributed by atoms with Gasteiger partial charge in [-0.05, 0) is 37.7 Å². The molecule has 0 bridgehead atoms. The summed E-state index contributed by atoms with van der Waals surface area (Å²) >= 11 is 3.04. The van der Waals surface area contributed by atoms with Gasteiger partial charge in [-0.2, -0.15) is 0 Å². The third-order valence-electron chi connectivity index (χ3n) is 5.38. The van der Waals surface area contributed by atoms with Gasteiger partial charge in [-0.3, -0.25) is 14.2 Å². The number of morpholine rings is 1. The lowest BCUT2D eigenvalue weighted by Crippen LogP contribution is -2.41. The van der Waals surface area contributed by atoms with Crippen molar-refractivity contribution in [3.05, 3.63) is 20.8 Å². The van der Waals surface area contributed by atoms with Crippen molar-refractivity contribution in [3.63, 3.8) is 0 Å². The zero-order valence-electron chi connectivity index (χ0n) is 15.8. The smallest absolute Gasteiger partial charge is 0.263 e. The van der Waals surface area contributed by atoms with Crippen LogP contribution in [-0.4, -0.2) is 52.4 Å². The fourth-order valence-electron chi connectivity index (χ4n) is 3.82. The molecule has 1 fully saturated rings. The Morgan fingerprint density at radius 1 is 1.37 bits per heavy atom. The molecule has 3 heterocycles. The number of nitrogens with zero attached hydrogens (tertiary/aromatic N) is 3. The Balaban J connectivity index is 1.62. The monoisotopic (exact) mass is 407 g/mol. The first kappa shape index (κ1) is 19.0. The maximum atomic E-state index is 13.1. The molecule has 2 aromatic heterocycles. The van der Waals surface area contributed by atoms with Gasteiger partial charge >= 0.3 is 0 Å². The quantitative estimate of drug-likeness (QED) is 0.576. The number of fused-ring (bicyclic) bond motifs is 3. The van der Waals surface area contributed by atoms with Crippen LogP contribution in [0.2, 0.25) is 0 Å². The van der Waals surface area contributed by atoms with Gasteiger partial charge in [0, 0.05) is 24.5 Å². The lowest BCUT2D eigenvalue weighted by Gasteiger charge is -2.26. The molecule has 8 heteroatoms. The Bertz CT molecular complexity index is 915. The second-order valence-corrected chi connectivity index (χ2v) is 9.28. The average Bonchev–Trinajstić information content (AvgIpc) is 3.04. The first-order valence-corrected chi connectivity index (χ1v) is 11.4. The predicted octanol–water partition coefficient (Wildman–Crippen LogP) is 2.55. The minimum absolute atomic E-state index is 0.0517. The normalized spacial score (nSPS) is 20.1. The minimum Gasteiger partial charge on any atom is -0.378 e. The molecule has 1 aliphatic heterocycles. The van der Waals surface area contributed by atoms with E-state index in [4.69, 9.17) is 9.72 Å². The van der Waals surface area contributed by atoms with E-state index in [2.05, 4.69) is 6.92 Å². The molecular weight excluding hydrogens is 382 g/mol. The topological polar surface area (TPSA) is 64.4 Å². The molecule has 1 amide bonds. The van der Waals surface area contributed by atoms with E-state index < -0.39 is 0 Å². The van der Waals surface area contributed by atoms with Crippen molar-refractivity contribution in [2.45, 2.75) is 44.8 Å². The molecule has 27 heavy (non-hydrogen) atoms. The number of rotatable bonds is 4. The maximum Gasteiger partial charge on any atom is 0.263 e. The van der Waals surface area contributed by atoms with E-state index in [-0.39, 0.29) is 11.5 Å². The van der Waals surface area contributed by atoms with Crippen LogP contribution in [0.25, 0.3) is 10.2 Å². The summed E-state index contributed by atoms with van der Waals surface area (Å²) in [6.45, 7) is 7.27. The Morgan fingerprint density at radius 2 is 2.15 bits per heavy atom. The number of hydrogen-bond acceptors (Lipinski definition) is 6.